The monoisotopic (exact) mass is 437 g/mol. The summed E-state index contributed by atoms with van der Waals surface area (Å²) >= 11 is 1.35. The lowest BCUT2D eigenvalue weighted by molar-refractivity contribution is -0.138. The van der Waals surface area contributed by atoms with E-state index in [2.05, 4.69) is 4.98 Å². The number of thiazole rings is 1. The smallest absolute Gasteiger partial charge is 0.416 e. The van der Waals surface area contributed by atoms with Crippen LogP contribution < -0.4 is 4.74 Å². The van der Waals surface area contributed by atoms with Gasteiger partial charge in [-0.1, -0.05) is 38.1 Å². The van der Waals surface area contributed by atoms with Gasteiger partial charge >= 0.3 is 12.1 Å². The van der Waals surface area contributed by atoms with E-state index in [4.69, 9.17) is 9.84 Å². The SMILES string of the molecule is CC.Cc1nc(-c2ccc(C(F)(F)F)cc2)sc1COc1cccc(CC(=O)O)c1. The van der Waals surface area contributed by atoms with Crippen molar-refractivity contribution in [2.75, 3.05) is 0 Å². The molecule has 0 spiro atoms. The minimum absolute atomic E-state index is 0.0884. The van der Waals surface area contributed by atoms with Crippen molar-refractivity contribution in [1.29, 1.82) is 0 Å². The number of ether oxygens (including phenoxy) is 1. The molecular formula is C22H22F3NO3S. The van der Waals surface area contributed by atoms with Crippen LogP contribution in [0.15, 0.2) is 48.5 Å². The van der Waals surface area contributed by atoms with Gasteiger partial charge in [0.15, 0.2) is 0 Å². The third-order valence-corrected chi connectivity index (χ3v) is 5.16. The zero-order valence-corrected chi connectivity index (χ0v) is 17.6. The van der Waals surface area contributed by atoms with E-state index in [1.807, 2.05) is 20.8 Å². The maximum absolute atomic E-state index is 12.7. The van der Waals surface area contributed by atoms with Crippen molar-refractivity contribution in [3.63, 3.8) is 0 Å². The summed E-state index contributed by atoms with van der Waals surface area (Å²) < 4.78 is 43.8. The van der Waals surface area contributed by atoms with Crippen molar-refractivity contribution >= 4 is 17.3 Å². The quantitative estimate of drug-likeness (QED) is 0.487. The summed E-state index contributed by atoms with van der Waals surface area (Å²) in [6.07, 6.45) is -4.46. The van der Waals surface area contributed by atoms with Gasteiger partial charge < -0.3 is 9.84 Å². The maximum Gasteiger partial charge on any atom is 0.416 e. The van der Waals surface area contributed by atoms with Crippen LogP contribution in [0.2, 0.25) is 0 Å². The van der Waals surface area contributed by atoms with Crippen LogP contribution in [-0.4, -0.2) is 16.1 Å². The van der Waals surface area contributed by atoms with Gasteiger partial charge in [-0.2, -0.15) is 13.2 Å². The number of alkyl halides is 3. The highest BCUT2D eigenvalue weighted by Crippen LogP contribution is 2.33. The number of benzene rings is 2. The van der Waals surface area contributed by atoms with E-state index in [0.29, 0.717) is 21.9 Å². The first-order chi connectivity index (χ1) is 14.2. The molecule has 3 aromatic rings. The third-order valence-electron chi connectivity index (χ3n) is 3.98. The number of rotatable bonds is 6. The molecule has 0 bridgehead atoms. The number of hydrogen-bond donors (Lipinski definition) is 1. The average Bonchev–Trinajstić information content (AvgIpc) is 3.08. The fourth-order valence-electron chi connectivity index (χ4n) is 2.56. The molecule has 0 saturated carbocycles. The Morgan fingerprint density at radius 2 is 1.80 bits per heavy atom. The number of carboxylic acid groups (broad SMARTS) is 1. The number of carbonyl (C=O) groups is 1. The van der Waals surface area contributed by atoms with E-state index in [1.165, 1.54) is 23.5 Å². The Balaban J connectivity index is 0.00000155. The second-order valence-corrected chi connectivity index (χ2v) is 7.19. The molecule has 0 amide bonds. The summed E-state index contributed by atoms with van der Waals surface area (Å²) in [5.41, 5.74) is 1.28. The number of nitrogens with zero attached hydrogens (tertiary/aromatic N) is 1. The lowest BCUT2D eigenvalue weighted by Crippen LogP contribution is -2.03. The highest BCUT2D eigenvalue weighted by atomic mass is 32.1. The molecule has 1 N–H and O–H groups in total. The highest BCUT2D eigenvalue weighted by molar-refractivity contribution is 7.15. The molecule has 0 fully saturated rings. The minimum Gasteiger partial charge on any atom is -0.488 e. The summed E-state index contributed by atoms with van der Waals surface area (Å²) in [5.74, 6) is -0.376. The minimum atomic E-state index is -4.37. The van der Waals surface area contributed by atoms with Crippen molar-refractivity contribution in [2.24, 2.45) is 0 Å². The van der Waals surface area contributed by atoms with E-state index >= 15 is 0 Å². The molecule has 4 nitrogen and oxygen atoms in total. The third kappa shape index (κ3) is 6.32. The summed E-state index contributed by atoms with van der Waals surface area (Å²) in [5, 5.41) is 9.48. The Morgan fingerprint density at radius 3 is 2.40 bits per heavy atom. The van der Waals surface area contributed by atoms with Gasteiger partial charge in [0.05, 0.1) is 22.6 Å². The molecule has 0 atom stereocenters. The van der Waals surface area contributed by atoms with E-state index in [1.54, 1.807) is 24.3 Å². The van der Waals surface area contributed by atoms with Gasteiger partial charge in [0.2, 0.25) is 0 Å². The van der Waals surface area contributed by atoms with Crippen LogP contribution in [-0.2, 0) is 24.0 Å². The summed E-state index contributed by atoms with van der Waals surface area (Å²) in [6, 6.07) is 11.7. The summed E-state index contributed by atoms with van der Waals surface area (Å²) in [6.45, 7) is 6.05. The van der Waals surface area contributed by atoms with Gasteiger partial charge in [0.25, 0.3) is 0 Å². The van der Waals surface area contributed by atoms with Crippen LogP contribution in [0.3, 0.4) is 0 Å². The highest BCUT2D eigenvalue weighted by Gasteiger charge is 2.30. The zero-order chi connectivity index (χ0) is 22.3. The van der Waals surface area contributed by atoms with Crippen LogP contribution in [0, 0.1) is 6.92 Å². The molecule has 0 saturated heterocycles. The summed E-state index contributed by atoms with van der Waals surface area (Å²) in [7, 11) is 0. The van der Waals surface area contributed by atoms with E-state index in [9.17, 15) is 18.0 Å². The van der Waals surface area contributed by atoms with Crippen LogP contribution in [0.5, 0.6) is 5.75 Å². The second-order valence-electron chi connectivity index (χ2n) is 6.11. The molecule has 1 heterocycles. The molecule has 30 heavy (non-hydrogen) atoms. The van der Waals surface area contributed by atoms with E-state index < -0.39 is 17.7 Å². The molecule has 2 aromatic carbocycles. The predicted molar refractivity (Wildman–Crippen MR) is 111 cm³/mol. The normalized spacial score (nSPS) is 10.9. The summed E-state index contributed by atoms with van der Waals surface area (Å²) in [4.78, 5) is 16.1. The van der Waals surface area contributed by atoms with Gasteiger partial charge in [-0.3, -0.25) is 4.79 Å². The number of aliphatic carboxylic acids is 1. The van der Waals surface area contributed by atoms with E-state index in [-0.39, 0.29) is 13.0 Å². The zero-order valence-electron chi connectivity index (χ0n) is 16.8. The number of aryl methyl sites for hydroxylation is 1. The van der Waals surface area contributed by atoms with Crippen molar-refractivity contribution < 1.29 is 27.8 Å². The van der Waals surface area contributed by atoms with Crippen LogP contribution in [0.25, 0.3) is 10.6 Å². The Hall–Kier alpha value is -2.87. The standard InChI is InChI=1S/C20H16F3NO3S.C2H6/c1-12-17(11-27-16-4-2-3-13(9-16)10-18(25)26)28-19(24-12)14-5-7-15(8-6-14)20(21,22)23;1-2/h2-9H,10-11H2,1H3,(H,25,26);1-2H3. The molecule has 0 aliphatic carbocycles. The largest absolute Gasteiger partial charge is 0.488 e. The van der Waals surface area contributed by atoms with Gasteiger partial charge in [-0.05, 0) is 36.8 Å². The first-order valence-electron chi connectivity index (χ1n) is 9.30. The molecule has 160 valence electrons. The fraction of sp³-hybridized carbons (Fsp3) is 0.273. The predicted octanol–water partition coefficient (Wildman–Crippen LogP) is 6.37. The van der Waals surface area contributed by atoms with Gasteiger partial charge in [-0.25, -0.2) is 4.98 Å². The van der Waals surface area contributed by atoms with Gasteiger partial charge in [0, 0.05) is 5.56 Å². The number of carboxylic acids is 1. The van der Waals surface area contributed by atoms with Crippen LogP contribution in [0.1, 0.15) is 35.5 Å². The molecule has 0 aliphatic heterocycles. The molecule has 1 aromatic heterocycles. The fourth-order valence-corrected chi connectivity index (χ4v) is 3.54. The lowest BCUT2D eigenvalue weighted by atomic mass is 10.1. The Kier molecular flexibility index (Phi) is 8.00. The Labute approximate surface area is 177 Å². The van der Waals surface area contributed by atoms with Crippen molar-refractivity contribution in [3.8, 4) is 16.3 Å². The molecule has 8 heteroatoms. The van der Waals surface area contributed by atoms with Gasteiger partial charge in [0.1, 0.15) is 17.4 Å². The van der Waals surface area contributed by atoms with Crippen molar-refractivity contribution in [2.45, 2.75) is 40.0 Å². The first kappa shape index (κ1) is 23.4. The maximum atomic E-state index is 12.7. The van der Waals surface area contributed by atoms with Gasteiger partial charge in [-0.15, -0.1) is 11.3 Å². The second kappa shape index (κ2) is 10.2. The van der Waals surface area contributed by atoms with Crippen LogP contribution in [0.4, 0.5) is 13.2 Å². The number of halogens is 3. The van der Waals surface area contributed by atoms with Crippen molar-refractivity contribution in [1.82, 2.24) is 4.98 Å². The molecule has 0 unspecified atom stereocenters. The average molecular weight is 437 g/mol. The topological polar surface area (TPSA) is 59.4 Å². The van der Waals surface area contributed by atoms with Crippen molar-refractivity contribution in [3.05, 3.63) is 70.2 Å². The Bertz CT molecular complexity index is 982. The number of hydrogen-bond acceptors (Lipinski definition) is 4. The molecule has 0 radical (unpaired) electrons. The molecule has 0 aliphatic rings. The molecule has 3 rings (SSSR count). The van der Waals surface area contributed by atoms with E-state index in [0.717, 1.165) is 22.7 Å². The molecular weight excluding hydrogens is 415 g/mol. The Morgan fingerprint density at radius 1 is 1.13 bits per heavy atom. The first-order valence-corrected chi connectivity index (χ1v) is 10.1. The number of aromatic nitrogens is 1. The van der Waals surface area contributed by atoms with Crippen LogP contribution >= 0.6 is 11.3 Å². The lowest BCUT2D eigenvalue weighted by Gasteiger charge is -2.07.